The van der Waals surface area contributed by atoms with Crippen LogP contribution in [0.4, 0.5) is 0 Å². The molecule has 1 aliphatic carbocycles. The van der Waals surface area contributed by atoms with Gasteiger partial charge in [-0.1, -0.05) is 19.3 Å². The zero-order chi connectivity index (χ0) is 10.5. The first-order valence-corrected chi connectivity index (χ1v) is 6.06. The summed E-state index contributed by atoms with van der Waals surface area (Å²) in [5, 5.41) is 3.56. The molecule has 84 valence electrons. The van der Waals surface area contributed by atoms with Crippen LogP contribution in [0.5, 0.6) is 0 Å². The Balaban J connectivity index is 1.56. The van der Waals surface area contributed by atoms with Crippen molar-refractivity contribution in [2.24, 2.45) is 5.92 Å². The predicted octanol–water partition coefficient (Wildman–Crippen LogP) is 2.12. The summed E-state index contributed by atoms with van der Waals surface area (Å²) >= 11 is 0. The number of nitrogens with one attached hydrogen (secondary N) is 2. The van der Waals surface area contributed by atoms with Gasteiger partial charge >= 0.3 is 0 Å². The molecule has 0 radical (unpaired) electrons. The van der Waals surface area contributed by atoms with Crippen molar-refractivity contribution >= 4 is 0 Å². The van der Waals surface area contributed by atoms with Crippen LogP contribution in [0, 0.1) is 5.92 Å². The fourth-order valence-electron chi connectivity index (χ4n) is 2.18. The summed E-state index contributed by atoms with van der Waals surface area (Å²) in [6, 6.07) is 0.658. The van der Waals surface area contributed by atoms with Gasteiger partial charge in [-0.2, -0.15) is 0 Å². The van der Waals surface area contributed by atoms with Crippen LogP contribution < -0.4 is 5.32 Å². The summed E-state index contributed by atoms with van der Waals surface area (Å²) < 4.78 is 0. The van der Waals surface area contributed by atoms with E-state index in [-0.39, 0.29) is 0 Å². The van der Waals surface area contributed by atoms with Crippen LogP contribution in [0.25, 0.3) is 0 Å². The summed E-state index contributed by atoms with van der Waals surface area (Å²) in [7, 11) is 0. The van der Waals surface area contributed by atoms with Crippen LogP contribution in [0.2, 0.25) is 0 Å². The second kappa shape index (κ2) is 5.31. The van der Waals surface area contributed by atoms with E-state index >= 15 is 0 Å². The highest BCUT2D eigenvalue weighted by atomic mass is 14.9. The first kappa shape index (κ1) is 10.7. The third-order valence-electron chi connectivity index (χ3n) is 3.32. The van der Waals surface area contributed by atoms with E-state index in [1.165, 1.54) is 25.7 Å². The van der Waals surface area contributed by atoms with Gasteiger partial charge in [0, 0.05) is 31.4 Å². The van der Waals surface area contributed by atoms with Crippen LogP contribution in [-0.2, 0) is 6.42 Å². The number of nitrogens with zero attached hydrogens (tertiary/aromatic N) is 1. The van der Waals surface area contributed by atoms with Gasteiger partial charge in [0.1, 0.15) is 5.82 Å². The number of imidazole rings is 1. The zero-order valence-corrected chi connectivity index (χ0v) is 9.50. The Kier molecular flexibility index (Phi) is 3.78. The first-order valence-electron chi connectivity index (χ1n) is 6.06. The predicted molar refractivity (Wildman–Crippen MR) is 61.7 cm³/mol. The summed E-state index contributed by atoms with van der Waals surface area (Å²) in [6.45, 7) is 3.32. The molecule has 0 spiro atoms. The Morgan fingerprint density at radius 1 is 1.60 bits per heavy atom. The number of rotatable bonds is 6. The zero-order valence-electron chi connectivity index (χ0n) is 9.50. The van der Waals surface area contributed by atoms with E-state index in [0.717, 1.165) is 24.7 Å². The van der Waals surface area contributed by atoms with E-state index in [0.29, 0.717) is 6.04 Å². The fraction of sp³-hybridized carbons (Fsp3) is 0.750. The number of H-pyrrole nitrogens is 1. The molecule has 2 N–H and O–H groups in total. The number of hydrogen-bond acceptors (Lipinski definition) is 2. The van der Waals surface area contributed by atoms with Crippen molar-refractivity contribution in [3.63, 3.8) is 0 Å². The smallest absolute Gasteiger partial charge is 0.107 e. The number of aromatic nitrogens is 2. The second-order valence-corrected chi connectivity index (χ2v) is 4.67. The minimum absolute atomic E-state index is 0.658. The van der Waals surface area contributed by atoms with E-state index in [1.807, 2.05) is 12.4 Å². The SMILES string of the molecule is CC(CC1CCC1)NCCc1ncc[nH]1. The lowest BCUT2D eigenvalue weighted by Crippen LogP contribution is -2.31. The minimum atomic E-state index is 0.658. The van der Waals surface area contributed by atoms with Crippen molar-refractivity contribution in [1.82, 2.24) is 15.3 Å². The maximum absolute atomic E-state index is 4.21. The van der Waals surface area contributed by atoms with Gasteiger partial charge in [0.05, 0.1) is 0 Å². The molecule has 1 heterocycles. The quantitative estimate of drug-likeness (QED) is 0.750. The summed E-state index contributed by atoms with van der Waals surface area (Å²) in [6.07, 6.45) is 10.4. The third-order valence-corrected chi connectivity index (χ3v) is 3.32. The monoisotopic (exact) mass is 207 g/mol. The Labute approximate surface area is 91.7 Å². The molecule has 2 rings (SSSR count). The standard InChI is InChI=1S/C12H21N3/c1-10(9-11-3-2-4-11)13-6-5-12-14-7-8-15-12/h7-8,10-11,13H,2-6,9H2,1H3,(H,14,15). The van der Waals surface area contributed by atoms with Crippen LogP contribution in [0.15, 0.2) is 12.4 Å². The summed E-state index contributed by atoms with van der Waals surface area (Å²) in [4.78, 5) is 7.33. The molecule has 1 saturated carbocycles. The lowest BCUT2D eigenvalue weighted by atomic mass is 9.81. The molecule has 0 saturated heterocycles. The van der Waals surface area contributed by atoms with E-state index < -0.39 is 0 Å². The van der Waals surface area contributed by atoms with Crippen molar-refractivity contribution < 1.29 is 0 Å². The average Bonchev–Trinajstić information content (AvgIpc) is 2.64. The molecular weight excluding hydrogens is 186 g/mol. The maximum Gasteiger partial charge on any atom is 0.107 e. The van der Waals surface area contributed by atoms with E-state index in [9.17, 15) is 0 Å². The van der Waals surface area contributed by atoms with E-state index in [1.54, 1.807) is 0 Å². The molecule has 1 atom stereocenters. The van der Waals surface area contributed by atoms with Crippen molar-refractivity contribution in [3.8, 4) is 0 Å². The molecule has 1 aromatic heterocycles. The van der Waals surface area contributed by atoms with Gasteiger partial charge < -0.3 is 10.3 Å². The molecule has 15 heavy (non-hydrogen) atoms. The molecule has 1 unspecified atom stereocenters. The number of aromatic amines is 1. The highest BCUT2D eigenvalue weighted by Crippen LogP contribution is 2.30. The van der Waals surface area contributed by atoms with Gasteiger partial charge in [0.15, 0.2) is 0 Å². The van der Waals surface area contributed by atoms with Crippen molar-refractivity contribution in [1.29, 1.82) is 0 Å². The molecule has 0 bridgehead atoms. The Hall–Kier alpha value is -0.830. The van der Waals surface area contributed by atoms with Crippen LogP contribution >= 0.6 is 0 Å². The molecular formula is C12H21N3. The third kappa shape index (κ3) is 3.34. The van der Waals surface area contributed by atoms with Crippen molar-refractivity contribution in [2.75, 3.05) is 6.54 Å². The highest BCUT2D eigenvalue weighted by molar-refractivity contribution is 4.87. The van der Waals surface area contributed by atoms with E-state index in [4.69, 9.17) is 0 Å². The highest BCUT2D eigenvalue weighted by Gasteiger charge is 2.19. The van der Waals surface area contributed by atoms with Crippen LogP contribution in [0.3, 0.4) is 0 Å². The number of hydrogen-bond donors (Lipinski definition) is 2. The summed E-state index contributed by atoms with van der Waals surface area (Å²) in [5.74, 6) is 2.08. The molecule has 1 aromatic rings. The Bertz CT molecular complexity index is 264. The second-order valence-electron chi connectivity index (χ2n) is 4.67. The lowest BCUT2D eigenvalue weighted by Gasteiger charge is -2.28. The lowest BCUT2D eigenvalue weighted by molar-refractivity contribution is 0.266. The molecule has 1 fully saturated rings. The van der Waals surface area contributed by atoms with Crippen LogP contribution in [-0.4, -0.2) is 22.6 Å². The molecule has 0 aromatic carbocycles. The molecule has 0 aliphatic heterocycles. The van der Waals surface area contributed by atoms with Gasteiger partial charge in [-0.3, -0.25) is 0 Å². The fourth-order valence-corrected chi connectivity index (χ4v) is 2.18. The largest absolute Gasteiger partial charge is 0.349 e. The van der Waals surface area contributed by atoms with Gasteiger partial charge in [-0.05, 0) is 19.3 Å². The van der Waals surface area contributed by atoms with Gasteiger partial charge in [-0.25, -0.2) is 4.98 Å². The topological polar surface area (TPSA) is 40.7 Å². The van der Waals surface area contributed by atoms with Gasteiger partial charge in [0.25, 0.3) is 0 Å². The Morgan fingerprint density at radius 3 is 3.07 bits per heavy atom. The summed E-state index contributed by atoms with van der Waals surface area (Å²) in [5.41, 5.74) is 0. The first-order chi connectivity index (χ1) is 7.34. The molecule has 3 heteroatoms. The molecule has 3 nitrogen and oxygen atoms in total. The maximum atomic E-state index is 4.21. The van der Waals surface area contributed by atoms with Crippen molar-refractivity contribution in [3.05, 3.63) is 18.2 Å². The van der Waals surface area contributed by atoms with Gasteiger partial charge in [-0.15, -0.1) is 0 Å². The Morgan fingerprint density at radius 2 is 2.47 bits per heavy atom. The normalized spacial score (nSPS) is 18.7. The minimum Gasteiger partial charge on any atom is -0.349 e. The molecule has 1 aliphatic rings. The molecule has 0 amide bonds. The van der Waals surface area contributed by atoms with Crippen molar-refractivity contribution in [2.45, 2.75) is 45.1 Å². The van der Waals surface area contributed by atoms with Crippen LogP contribution in [0.1, 0.15) is 38.4 Å². The van der Waals surface area contributed by atoms with E-state index in [2.05, 4.69) is 22.2 Å². The average molecular weight is 207 g/mol. The van der Waals surface area contributed by atoms with Gasteiger partial charge in [0.2, 0.25) is 0 Å².